The van der Waals surface area contributed by atoms with E-state index >= 15 is 0 Å². The number of imidazole rings is 1. The largest absolute Gasteiger partial charge is 0.416 e. The molecule has 0 radical (unpaired) electrons. The molecule has 0 aliphatic carbocycles. The Morgan fingerprint density at radius 3 is 2.50 bits per heavy atom. The molecule has 26 heavy (non-hydrogen) atoms. The number of H-pyrrole nitrogens is 1. The van der Waals surface area contributed by atoms with E-state index in [1.54, 1.807) is 6.20 Å². The number of hydrogen-bond acceptors (Lipinski definition) is 3. The highest BCUT2D eigenvalue weighted by Crippen LogP contribution is 2.32. The third-order valence-corrected chi connectivity index (χ3v) is 4.35. The second kappa shape index (κ2) is 7.04. The fourth-order valence-electron chi connectivity index (χ4n) is 3.18. The molecule has 1 saturated heterocycles. The molecule has 1 unspecified atom stereocenters. The van der Waals surface area contributed by atoms with Crippen molar-refractivity contribution < 1.29 is 17.9 Å². The van der Waals surface area contributed by atoms with Crippen molar-refractivity contribution >= 4 is 0 Å². The van der Waals surface area contributed by atoms with Gasteiger partial charge < -0.3 is 9.72 Å². The highest BCUT2D eigenvalue weighted by molar-refractivity contribution is 5.59. The zero-order valence-corrected chi connectivity index (χ0v) is 15.2. The van der Waals surface area contributed by atoms with E-state index in [4.69, 9.17) is 4.74 Å². The standard InChI is InChI=1S/C19H24F3N3O/c1-18(2,3)12-25-8-9-26-11-16(25)17-23-10-15(24-17)13-4-6-14(7-5-13)19(20,21)22/h4-7,10,16H,8-9,11-12H2,1-3H3,(H,23,24). The summed E-state index contributed by atoms with van der Waals surface area (Å²) in [5.41, 5.74) is 0.877. The van der Waals surface area contributed by atoms with Crippen molar-refractivity contribution in [3.05, 3.63) is 41.9 Å². The van der Waals surface area contributed by atoms with Crippen molar-refractivity contribution in [1.29, 1.82) is 0 Å². The minimum atomic E-state index is -4.33. The van der Waals surface area contributed by atoms with E-state index in [9.17, 15) is 13.2 Å². The fourth-order valence-corrected chi connectivity index (χ4v) is 3.18. The average molecular weight is 367 g/mol. The molecule has 0 amide bonds. The van der Waals surface area contributed by atoms with E-state index in [1.165, 1.54) is 12.1 Å². The zero-order valence-electron chi connectivity index (χ0n) is 15.2. The number of nitrogens with zero attached hydrogens (tertiary/aromatic N) is 2. The van der Waals surface area contributed by atoms with E-state index in [0.717, 1.165) is 31.0 Å². The Labute approximate surface area is 151 Å². The van der Waals surface area contributed by atoms with Gasteiger partial charge in [0.25, 0.3) is 0 Å². The first-order valence-electron chi connectivity index (χ1n) is 8.68. The Kier molecular flexibility index (Phi) is 5.12. The van der Waals surface area contributed by atoms with Gasteiger partial charge in [-0.15, -0.1) is 0 Å². The van der Waals surface area contributed by atoms with Gasteiger partial charge in [0.1, 0.15) is 5.82 Å². The third-order valence-electron chi connectivity index (χ3n) is 4.35. The van der Waals surface area contributed by atoms with Gasteiger partial charge in [-0.1, -0.05) is 32.9 Å². The van der Waals surface area contributed by atoms with Gasteiger partial charge in [0.15, 0.2) is 0 Å². The lowest BCUT2D eigenvalue weighted by molar-refractivity contribution is -0.137. The van der Waals surface area contributed by atoms with Crippen LogP contribution in [0.5, 0.6) is 0 Å². The van der Waals surface area contributed by atoms with Crippen molar-refractivity contribution in [1.82, 2.24) is 14.9 Å². The summed E-state index contributed by atoms with van der Waals surface area (Å²) in [6.07, 6.45) is -2.66. The molecule has 2 aromatic rings. The van der Waals surface area contributed by atoms with Crippen LogP contribution in [0.4, 0.5) is 13.2 Å². The number of ether oxygens (including phenoxy) is 1. The smallest absolute Gasteiger partial charge is 0.378 e. The SMILES string of the molecule is CC(C)(C)CN1CCOCC1c1ncc(-c2ccc(C(F)(F)F)cc2)[nH]1. The summed E-state index contributed by atoms with van der Waals surface area (Å²) in [6, 6.07) is 5.12. The molecule has 0 bridgehead atoms. The third kappa shape index (κ3) is 4.45. The van der Waals surface area contributed by atoms with Crippen LogP contribution in [-0.2, 0) is 10.9 Å². The first-order chi connectivity index (χ1) is 12.1. The number of rotatable bonds is 3. The van der Waals surface area contributed by atoms with Crippen molar-refractivity contribution in [3.63, 3.8) is 0 Å². The molecule has 3 rings (SSSR count). The average Bonchev–Trinajstić information content (AvgIpc) is 3.03. The summed E-state index contributed by atoms with van der Waals surface area (Å²) in [5.74, 6) is 0.781. The normalized spacial score (nSPS) is 19.7. The molecule has 2 heterocycles. The van der Waals surface area contributed by atoms with Gasteiger partial charge >= 0.3 is 6.18 Å². The molecule has 1 aliphatic heterocycles. The van der Waals surface area contributed by atoms with Gasteiger partial charge in [-0.3, -0.25) is 4.90 Å². The predicted octanol–water partition coefficient (Wildman–Crippen LogP) is 4.51. The zero-order chi connectivity index (χ0) is 18.9. The van der Waals surface area contributed by atoms with Crippen molar-refractivity contribution in [2.75, 3.05) is 26.3 Å². The molecule has 1 fully saturated rings. The van der Waals surface area contributed by atoms with Crippen LogP contribution >= 0.6 is 0 Å². The topological polar surface area (TPSA) is 41.1 Å². The van der Waals surface area contributed by atoms with Gasteiger partial charge in [0.05, 0.1) is 36.7 Å². The van der Waals surface area contributed by atoms with Gasteiger partial charge in [-0.25, -0.2) is 4.98 Å². The van der Waals surface area contributed by atoms with Crippen LogP contribution < -0.4 is 0 Å². The lowest BCUT2D eigenvalue weighted by Gasteiger charge is -2.38. The van der Waals surface area contributed by atoms with Crippen molar-refractivity contribution in [3.8, 4) is 11.3 Å². The highest BCUT2D eigenvalue weighted by Gasteiger charge is 2.31. The number of benzene rings is 1. The summed E-state index contributed by atoms with van der Waals surface area (Å²) in [7, 11) is 0. The second-order valence-electron chi connectivity index (χ2n) is 7.88. The fraction of sp³-hybridized carbons (Fsp3) is 0.526. The summed E-state index contributed by atoms with van der Waals surface area (Å²) < 4.78 is 43.7. The molecule has 0 spiro atoms. The number of aromatic nitrogens is 2. The van der Waals surface area contributed by atoms with Crippen LogP contribution in [0.1, 0.15) is 38.2 Å². The Morgan fingerprint density at radius 2 is 1.88 bits per heavy atom. The maximum Gasteiger partial charge on any atom is 0.416 e. The van der Waals surface area contributed by atoms with Gasteiger partial charge in [-0.2, -0.15) is 13.2 Å². The molecule has 1 aromatic carbocycles. The minimum Gasteiger partial charge on any atom is -0.378 e. The molecule has 1 aromatic heterocycles. The Balaban J connectivity index is 1.80. The maximum absolute atomic E-state index is 12.7. The van der Waals surface area contributed by atoms with E-state index in [2.05, 4.69) is 35.6 Å². The van der Waals surface area contributed by atoms with E-state index < -0.39 is 11.7 Å². The van der Waals surface area contributed by atoms with Crippen LogP contribution in [0.3, 0.4) is 0 Å². The monoisotopic (exact) mass is 367 g/mol. The summed E-state index contributed by atoms with van der Waals surface area (Å²) in [5, 5.41) is 0. The number of nitrogens with one attached hydrogen (secondary N) is 1. The van der Waals surface area contributed by atoms with Crippen LogP contribution in [0, 0.1) is 5.41 Å². The van der Waals surface area contributed by atoms with Gasteiger partial charge in [0, 0.05) is 13.1 Å². The molecule has 142 valence electrons. The Bertz CT molecular complexity index is 732. The van der Waals surface area contributed by atoms with E-state index in [1.807, 2.05) is 0 Å². The quantitative estimate of drug-likeness (QED) is 0.867. The van der Waals surface area contributed by atoms with Gasteiger partial charge in [-0.05, 0) is 23.1 Å². The molecule has 1 atom stereocenters. The second-order valence-corrected chi connectivity index (χ2v) is 7.88. The number of morpholine rings is 1. The first kappa shape index (κ1) is 18.9. The van der Waals surface area contributed by atoms with Crippen LogP contribution in [-0.4, -0.2) is 41.2 Å². The number of aromatic amines is 1. The van der Waals surface area contributed by atoms with E-state index in [-0.39, 0.29) is 11.5 Å². The number of hydrogen-bond donors (Lipinski definition) is 1. The van der Waals surface area contributed by atoms with Crippen LogP contribution in [0.15, 0.2) is 30.5 Å². The molecular formula is C19H24F3N3O. The highest BCUT2D eigenvalue weighted by atomic mass is 19.4. The summed E-state index contributed by atoms with van der Waals surface area (Å²) in [4.78, 5) is 10.1. The Hall–Kier alpha value is -1.86. The van der Waals surface area contributed by atoms with Gasteiger partial charge in [0.2, 0.25) is 0 Å². The first-order valence-corrected chi connectivity index (χ1v) is 8.68. The van der Waals surface area contributed by atoms with Crippen molar-refractivity contribution in [2.45, 2.75) is 33.0 Å². The predicted molar refractivity (Wildman–Crippen MR) is 93.6 cm³/mol. The Morgan fingerprint density at radius 1 is 1.19 bits per heavy atom. The number of halogens is 3. The molecule has 1 aliphatic rings. The maximum atomic E-state index is 12.7. The number of alkyl halides is 3. The molecule has 0 saturated carbocycles. The molecule has 7 heteroatoms. The van der Waals surface area contributed by atoms with Crippen LogP contribution in [0.2, 0.25) is 0 Å². The van der Waals surface area contributed by atoms with E-state index in [0.29, 0.717) is 24.5 Å². The summed E-state index contributed by atoms with van der Waals surface area (Å²) in [6.45, 7) is 9.56. The molecular weight excluding hydrogens is 343 g/mol. The molecule has 1 N–H and O–H groups in total. The van der Waals surface area contributed by atoms with Crippen LogP contribution in [0.25, 0.3) is 11.3 Å². The van der Waals surface area contributed by atoms with Crippen molar-refractivity contribution in [2.24, 2.45) is 5.41 Å². The minimum absolute atomic E-state index is 0.0196. The lowest BCUT2D eigenvalue weighted by Crippen LogP contribution is -2.44. The lowest BCUT2D eigenvalue weighted by atomic mass is 9.95. The summed E-state index contributed by atoms with van der Waals surface area (Å²) >= 11 is 0. The molecule has 4 nitrogen and oxygen atoms in total.